The van der Waals surface area contributed by atoms with Crippen molar-refractivity contribution in [3.8, 4) is 17.2 Å². The van der Waals surface area contributed by atoms with Crippen molar-refractivity contribution in [1.82, 2.24) is 34.9 Å². The van der Waals surface area contributed by atoms with Crippen molar-refractivity contribution in [3.05, 3.63) is 61.3 Å². The van der Waals surface area contributed by atoms with Crippen molar-refractivity contribution in [2.75, 3.05) is 36.5 Å². The van der Waals surface area contributed by atoms with E-state index >= 15 is 0 Å². The van der Waals surface area contributed by atoms with E-state index in [4.69, 9.17) is 14.5 Å². The number of pyridine rings is 2. The fraction of sp³-hybridized carbons (Fsp3) is 0.208. The van der Waals surface area contributed by atoms with Gasteiger partial charge in [0.05, 0.1) is 11.6 Å². The molecule has 5 aromatic rings. The number of rotatable bonds is 4. The second-order valence-corrected chi connectivity index (χ2v) is 8.48. The zero-order chi connectivity index (χ0) is 23.2. The lowest BCUT2D eigenvalue weighted by atomic mass is 10.2. The van der Waals surface area contributed by atoms with E-state index in [1.165, 1.54) is 12.7 Å². The third kappa shape index (κ3) is 3.71. The van der Waals surface area contributed by atoms with Gasteiger partial charge in [-0.2, -0.15) is 5.10 Å². The summed E-state index contributed by atoms with van der Waals surface area (Å²) in [5, 5.41) is 11.0. The minimum Gasteiger partial charge on any atom is -0.488 e. The number of hydrogen-bond donors (Lipinski definition) is 2. The first-order valence-corrected chi connectivity index (χ1v) is 11.4. The minimum absolute atomic E-state index is 0.295. The monoisotopic (exact) mass is 467 g/mol. The Morgan fingerprint density at radius 1 is 1.03 bits per heavy atom. The normalized spacial score (nSPS) is 17.0. The zero-order valence-electron chi connectivity index (χ0n) is 18.6. The van der Waals surface area contributed by atoms with Crippen LogP contribution in [0.2, 0.25) is 0 Å². The van der Waals surface area contributed by atoms with Gasteiger partial charge in [0.2, 0.25) is 0 Å². The van der Waals surface area contributed by atoms with Crippen LogP contribution >= 0.6 is 0 Å². The molecule has 7 rings (SSSR count). The Labute approximate surface area is 199 Å². The van der Waals surface area contributed by atoms with Gasteiger partial charge < -0.3 is 25.0 Å². The Bertz CT molecular complexity index is 1540. The van der Waals surface area contributed by atoms with Crippen molar-refractivity contribution in [3.63, 3.8) is 0 Å². The number of fused-ring (bicyclic) bond motifs is 6. The van der Waals surface area contributed by atoms with Crippen LogP contribution in [0.15, 0.2) is 61.3 Å². The summed E-state index contributed by atoms with van der Waals surface area (Å²) in [5.74, 6) is 3.64. The molecule has 6 heterocycles. The maximum atomic E-state index is 6.04. The molecule has 2 N–H and O–H groups in total. The summed E-state index contributed by atoms with van der Waals surface area (Å²) in [7, 11) is 0. The second-order valence-electron chi connectivity index (χ2n) is 8.48. The Hall–Kier alpha value is -4.51. The summed E-state index contributed by atoms with van der Waals surface area (Å²) in [6.07, 6.45) is 4.86. The Morgan fingerprint density at radius 2 is 1.97 bits per heavy atom. The van der Waals surface area contributed by atoms with E-state index in [0.717, 1.165) is 48.1 Å². The molecule has 174 valence electrons. The van der Waals surface area contributed by atoms with E-state index in [9.17, 15) is 0 Å². The number of ether oxygens (including phenoxy) is 2. The van der Waals surface area contributed by atoms with Crippen LogP contribution in [0.3, 0.4) is 0 Å². The third-order valence-electron chi connectivity index (χ3n) is 6.16. The summed E-state index contributed by atoms with van der Waals surface area (Å²) in [6.45, 7) is 3.28. The van der Waals surface area contributed by atoms with E-state index in [1.807, 2.05) is 48.7 Å². The number of nitrogens with one attached hydrogen (secondary N) is 2. The van der Waals surface area contributed by atoms with E-state index in [2.05, 4.69) is 35.6 Å². The lowest BCUT2D eigenvalue weighted by Gasteiger charge is -2.31. The maximum Gasteiger partial charge on any atom is 0.172 e. The molecule has 2 aliphatic heterocycles. The molecule has 11 nitrogen and oxygen atoms in total. The number of piperazine rings is 1. The number of anilines is 3. The van der Waals surface area contributed by atoms with Gasteiger partial charge in [0.25, 0.3) is 0 Å². The third-order valence-corrected chi connectivity index (χ3v) is 6.16. The largest absolute Gasteiger partial charge is 0.488 e. The number of aromatic nitrogens is 6. The van der Waals surface area contributed by atoms with Crippen LogP contribution in [-0.4, -0.2) is 61.8 Å². The molecular weight excluding hydrogens is 446 g/mol. The fourth-order valence-corrected chi connectivity index (χ4v) is 4.44. The molecule has 0 unspecified atom stereocenters. The molecule has 1 saturated heterocycles. The van der Waals surface area contributed by atoms with Gasteiger partial charge in [0, 0.05) is 43.7 Å². The van der Waals surface area contributed by atoms with Gasteiger partial charge in [-0.15, -0.1) is 0 Å². The molecule has 11 heteroatoms. The second kappa shape index (κ2) is 8.06. The molecule has 1 fully saturated rings. The van der Waals surface area contributed by atoms with E-state index in [0.29, 0.717) is 35.5 Å². The highest BCUT2D eigenvalue weighted by Crippen LogP contribution is 2.35. The average Bonchev–Trinajstić information content (AvgIpc) is 3.32. The van der Waals surface area contributed by atoms with Crippen LogP contribution in [0, 0.1) is 0 Å². The van der Waals surface area contributed by atoms with Crippen molar-refractivity contribution in [2.45, 2.75) is 6.04 Å². The van der Waals surface area contributed by atoms with Gasteiger partial charge in [-0.25, -0.2) is 24.5 Å². The molecule has 2 bridgehead atoms. The molecule has 35 heavy (non-hydrogen) atoms. The SMILES string of the molecule is c1nc(Nc2ccc(Oc3ccn4ncnc4c3)cc2)c2nc3c(cc2n1)OC[C@@H]1CN3CCN1. The standard InChI is InChI=1S/C24H21N9O2/c1-3-17(35-18-5-7-33-21(9-18)27-14-29-33)4-2-15(1)30-23-22-19(26-13-28-23)10-20-24(31-22)32-8-6-25-16(11-32)12-34-20/h1-5,7,9-10,13-14,16,25H,6,8,11-12H2,(H,26,28,30)/t16-/m0/s1. The predicted octanol–water partition coefficient (Wildman–Crippen LogP) is 2.77. The van der Waals surface area contributed by atoms with E-state index in [-0.39, 0.29) is 0 Å². The predicted molar refractivity (Wildman–Crippen MR) is 130 cm³/mol. The van der Waals surface area contributed by atoms with Crippen molar-refractivity contribution in [1.29, 1.82) is 0 Å². The molecule has 1 atom stereocenters. The average molecular weight is 467 g/mol. The zero-order valence-corrected chi connectivity index (χ0v) is 18.6. The van der Waals surface area contributed by atoms with Crippen LogP contribution in [0.4, 0.5) is 17.3 Å². The molecule has 0 spiro atoms. The minimum atomic E-state index is 0.295. The molecule has 0 radical (unpaired) electrons. The lowest BCUT2D eigenvalue weighted by molar-refractivity contribution is 0.271. The fourth-order valence-electron chi connectivity index (χ4n) is 4.44. The highest BCUT2D eigenvalue weighted by molar-refractivity contribution is 5.90. The summed E-state index contributed by atoms with van der Waals surface area (Å²) in [4.78, 5) is 20.3. The van der Waals surface area contributed by atoms with Gasteiger partial charge in [-0.1, -0.05) is 0 Å². The van der Waals surface area contributed by atoms with E-state index in [1.54, 1.807) is 4.52 Å². The number of benzene rings is 1. The van der Waals surface area contributed by atoms with Crippen LogP contribution in [-0.2, 0) is 0 Å². The molecule has 2 aliphatic rings. The molecule has 0 amide bonds. The quantitative estimate of drug-likeness (QED) is 0.409. The topological polar surface area (TPSA) is 115 Å². The molecule has 4 aromatic heterocycles. The summed E-state index contributed by atoms with van der Waals surface area (Å²) in [5.41, 5.74) is 3.02. The van der Waals surface area contributed by atoms with Gasteiger partial charge in [-0.05, 0) is 30.3 Å². The molecular formula is C24H21N9O2. The first-order chi connectivity index (χ1) is 17.3. The molecule has 0 aliphatic carbocycles. The summed E-state index contributed by atoms with van der Waals surface area (Å²) < 4.78 is 13.7. The van der Waals surface area contributed by atoms with Gasteiger partial charge in [0.15, 0.2) is 23.0 Å². The highest BCUT2D eigenvalue weighted by atomic mass is 16.5. The first kappa shape index (κ1) is 19.9. The van der Waals surface area contributed by atoms with E-state index < -0.39 is 0 Å². The smallest absolute Gasteiger partial charge is 0.172 e. The van der Waals surface area contributed by atoms with Gasteiger partial charge >= 0.3 is 0 Å². The van der Waals surface area contributed by atoms with Crippen LogP contribution in [0.5, 0.6) is 17.2 Å². The number of nitrogens with zero attached hydrogens (tertiary/aromatic N) is 7. The van der Waals surface area contributed by atoms with Crippen molar-refractivity contribution < 1.29 is 9.47 Å². The van der Waals surface area contributed by atoms with Crippen molar-refractivity contribution >= 4 is 34.0 Å². The summed E-state index contributed by atoms with van der Waals surface area (Å²) >= 11 is 0. The molecule has 1 aromatic carbocycles. The molecule has 0 saturated carbocycles. The Morgan fingerprint density at radius 3 is 2.91 bits per heavy atom. The van der Waals surface area contributed by atoms with Gasteiger partial charge in [-0.3, -0.25) is 0 Å². The number of hydrogen-bond acceptors (Lipinski definition) is 10. The van der Waals surface area contributed by atoms with Crippen LogP contribution < -0.4 is 25.0 Å². The van der Waals surface area contributed by atoms with Crippen molar-refractivity contribution in [2.24, 2.45) is 0 Å². The highest BCUT2D eigenvalue weighted by Gasteiger charge is 2.28. The maximum absolute atomic E-state index is 6.04. The Balaban J connectivity index is 1.15. The summed E-state index contributed by atoms with van der Waals surface area (Å²) in [6, 6.07) is 13.6. The van der Waals surface area contributed by atoms with Crippen LogP contribution in [0.1, 0.15) is 0 Å². The lowest BCUT2D eigenvalue weighted by Crippen LogP contribution is -2.51. The Kier molecular flexibility index (Phi) is 4.59. The first-order valence-electron chi connectivity index (χ1n) is 11.4. The van der Waals surface area contributed by atoms with Gasteiger partial charge in [0.1, 0.15) is 36.3 Å². The van der Waals surface area contributed by atoms with Crippen LogP contribution in [0.25, 0.3) is 16.7 Å².